The molecule has 0 bridgehead atoms. The Morgan fingerprint density at radius 3 is 2.55 bits per heavy atom. The van der Waals surface area contributed by atoms with Gasteiger partial charge >= 0.3 is 0 Å². The summed E-state index contributed by atoms with van der Waals surface area (Å²) in [4.78, 5) is 30.4. The number of nitrogens with one attached hydrogen (secondary N) is 1. The second-order valence-electron chi connectivity index (χ2n) is 11.2. The molecule has 0 radical (unpaired) electrons. The molecule has 2 atom stereocenters. The Labute approximate surface area is 236 Å². The van der Waals surface area contributed by atoms with E-state index < -0.39 is 0 Å². The maximum atomic E-state index is 13.3. The summed E-state index contributed by atoms with van der Waals surface area (Å²) >= 11 is 0. The number of rotatable bonds is 5. The summed E-state index contributed by atoms with van der Waals surface area (Å²) in [5.74, 6) is 3.57. The van der Waals surface area contributed by atoms with Crippen LogP contribution < -0.4 is 24.3 Å². The predicted molar refractivity (Wildman–Crippen MR) is 151 cm³/mol. The number of methoxy groups -OCH3 is 2. The fourth-order valence-electron chi connectivity index (χ4n) is 6.15. The smallest absolute Gasteiger partial charge is 0.231 e. The van der Waals surface area contributed by atoms with E-state index in [9.17, 15) is 9.59 Å². The summed E-state index contributed by atoms with van der Waals surface area (Å²) < 4.78 is 22.1. The van der Waals surface area contributed by atoms with E-state index in [1.54, 1.807) is 14.2 Å². The molecule has 9 heteroatoms. The van der Waals surface area contributed by atoms with Crippen molar-refractivity contribution >= 4 is 11.8 Å². The number of carbonyl (C=O) groups excluding carboxylic acids is 2. The summed E-state index contributed by atoms with van der Waals surface area (Å²) in [5.41, 5.74) is 3.54. The molecule has 3 heterocycles. The first-order valence-electron chi connectivity index (χ1n) is 14.3. The minimum absolute atomic E-state index is 0.0816. The van der Waals surface area contributed by atoms with Crippen molar-refractivity contribution < 1.29 is 28.5 Å². The molecular formula is C31H41N3O6. The van der Waals surface area contributed by atoms with Gasteiger partial charge in [0.1, 0.15) is 0 Å². The van der Waals surface area contributed by atoms with E-state index in [0.29, 0.717) is 50.4 Å². The number of amides is 2. The van der Waals surface area contributed by atoms with E-state index in [1.165, 1.54) is 11.1 Å². The topological polar surface area (TPSA) is 89.6 Å². The van der Waals surface area contributed by atoms with Gasteiger partial charge in [0.25, 0.3) is 0 Å². The first-order valence-corrected chi connectivity index (χ1v) is 14.3. The molecule has 216 valence electrons. The van der Waals surface area contributed by atoms with Gasteiger partial charge in [-0.15, -0.1) is 0 Å². The fourth-order valence-corrected chi connectivity index (χ4v) is 6.15. The zero-order chi connectivity index (χ0) is 28.1. The lowest BCUT2D eigenvalue weighted by Gasteiger charge is -2.22. The number of fused-ring (bicyclic) bond motifs is 3. The second kappa shape index (κ2) is 12.8. The normalized spacial score (nSPS) is 21.7. The molecule has 0 aromatic heterocycles. The first-order chi connectivity index (χ1) is 19.4. The Kier molecular flexibility index (Phi) is 8.99. The van der Waals surface area contributed by atoms with Crippen molar-refractivity contribution in [1.82, 2.24) is 15.1 Å². The molecule has 0 saturated carbocycles. The summed E-state index contributed by atoms with van der Waals surface area (Å²) in [6, 6.07) is 10.0. The standard InChI is InChI=1S/C31H41N3O6/c1-33-12-4-11-32-30(35)16-25-19-34(31(36)10-6-21-5-9-26(37-2)27(13-21)38-3)18-23(25)8-7-22-14-28-29(40-20-39-28)15-24(22)17-33/h5,9,13-15,23,25H,4,6-8,10-12,16-20H2,1-3H3,(H,32,35)/t23-,25+/m1/s1. The van der Waals surface area contributed by atoms with Crippen molar-refractivity contribution in [3.63, 3.8) is 0 Å². The Bertz CT molecular complexity index is 1220. The summed E-state index contributed by atoms with van der Waals surface area (Å²) in [7, 11) is 5.34. The van der Waals surface area contributed by atoms with Gasteiger partial charge in [0.15, 0.2) is 23.0 Å². The molecule has 2 aromatic carbocycles. The van der Waals surface area contributed by atoms with E-state index in [2.05, 4.69) is 29.4 Å². The highest BCUT2D eigenvalue weighted by atomic mass is 16.7. The number of hydrogen-bond acceptors (Lipinski definition) is 7. The van der Waals surface area contributed by atoms with E-state index in [4.69, 9.17) is 18.9 Å². The highest BCUT2D eigenvalue weighted by molar-refractivity contribution is 5.78. The van der Waals surface area contributed by atoms with Crippen molar-refractivity contribution in [3.05, 3.63) is 47.0 Å². The van der Waals surface area contributed by atoms with Crippen LogP contribution in [0.5, 0.6) is 23.0 Å². The van der Waals surface area contributed by atoms with Crippen molar-refractivity contribution in [3.8, 4) is 23.0 Å². The quantitative estimate of drug-likeness (QED) is 0.609. The Morgan fingerprint density at radius 1 is 1.02 bits per heavy atom. The van der Waals surface area contributed by atoms with Gasteiger partial charge < -0.3 is 34.1 Å². The highest BCUT2D eigenvalue weighted by Crippen LogP contribution is 2.37. The van der Waals surface area contributed by atoms with Gasteiger partial charge in [0.2, 0.25) is 18.6 Å². The Morgan fingerprint density at radius 2 is 1.77 bits per heavy atom. The van der Waals surface area contributed by atoms with Crippen molar-refractivity contribution in [2.45, 2.75) is 45.1 Å². The maximum Gasteiger partial charge on any atom is 0.231 e. The largest absolute Gasteiger partial charge is 0.493 e. The van der Waals surface area contributed by atoms with Gasteiger partial charge in [0, 0.05) is 39.0 Å². The van der Waals surface area contributed by atoms with Crippen LogP contribution in [0.15, 0.2) is 30.3 Å². The van der Waals surface area contributed by atoms with Crippen molar-refractivity contribution in [2.24, 2.45) is 11.8 Å². The molecule has 1 fully saturated rings. The van der Waals surface area contributed by atoms with E-state index in [-0.39, 0.29) is 30.4 Å². The number of hydrogen-bond donors (Lipinski definition) is 1. The van der Waals surface area contributed by atoms with Gasteiger partial charge in [-0.3, -0.25) is 9.59 Å². The number of benzene rings is 2. The van der Waals surface area contributed by atoms with Crippen LogP contribution in [0.3, 0.4) is 0 Å². The molecular weight excluding hydrogens is 510 g/mol. The van der Waals surface area contributed by atoms with Crippen LogP contribution in [0, 0.1) is 11.8 Å². The van der Waals surface area contributed by atoms with Crippen LogP contribution >= 0.6 is 0 Å². The average Bonchev–Trinajstić information content (AvgIpc) is 3.58. The van der Waals surface area contributed by atoms with Crippen LogP contribution in [0.2, 0.25) is 0 Å². The monoisotopic (exact) mass is 551 g/mol. The molecule has 0 spiro atoms. The molecule has 40 heavy (non-hydrogen) atoms. The minimum atomic E-state index is 0.0816. The molecule has 9 nitrogen and oxygen atoms in total. The van der Waals surface area contributed by atoms with Crippen LogP contribution in [-0.4, -0.2) is 75.9 Å². The van der Waals surface area contributed by atoms with Crippen molar-refractivity contribution in [2.75, 3.05) is 54.2 Å². The molecule has 1 N–H and O–H groups in total. The number of carbonyl (C=O) groups is 2. The summed E-state index contributed by atoms with van der Waals surface area (Å²) in [6.07, 6.45) is 4.16. The predicted octanol–water partition coefficient (Wildman–Crippen LogP) is 3.41. The fraction of sp³-hybridized carbons (Fsp3) is 0.548. The third-order valence-electron chi connectivity index (χ3n) is 8.41. The first kappa shape index (κ1) is 28.1. The van der Waals surface area contributed by atoms with Crippen LogP contribution in [0.1, 0.15) is 42.4 Å². The van der Waals surface area contributed by atoms with Crippen molar-refractivity contribution in [1.29, 1.82) is 0 Å². The molecule has 3 aliphatic rings. The zero-order valence-corrected chi connectivity index (χ0v) is 23.9. The highest BCUT2D eigenvalue weighted by Gasteiger charge is 2.36. The Balaban J connectivity index is 1.28. The number of ether oxygens (including phenoxy) is 4. The molecule has 0 unspecified atom stereocenters. The Hall–Kier alpha value is -3.46. The molecule has 2 aromatic rings. The lowest BCUT2D eigenvalue weighted by Crippen LogP contribution is -2.32. The van der Waals surface area contributed by atoms with E-state index in [0.717, 1.165) is 49.4 Å². The lowest BCUT2D eigenvalue weighted by atomic mass is 9.86. The third-order valence-corrected chi connectivity index (χ3v) is 8.41. The number of likely N-dealkylation sites (tertiary alicyclic amines) is 1. The van der Waals surface area contributed by atoms with E-state index in [1.807, 2.05) is 23.1 Å². The second-order valence-corrected chi connectivity index (χ2v) is 11.2. The van der Waals surface area contributed by atoms with Gasteiger partial charge in [0.05, 0.1) is 14.2 Å². The zero-order valence-electron chi connectivity index (χ0n) is 23.9. The molecule has 2 amide bonds. The molecule has 5 rings (SSSR count). The molecule has 0 aliphatic carbocycles. The number of aryl methyl sites for hydroxylation is 2. The maximum absolute atomic E-state index is 13.3. The third kappa shape index (κ3) is 6.63. The van der Waals surface area contributed by atoms with Crippen LogP contribution in [0.25, 0.3) is 0 Å². The SMILES string of the molecule is COc1ccc(CCC(=O)N2C[C@H]3CCc4cc5c(cc4CN(C)CCCNC(=O)C[C@H]3C2)OCO5)cc1OC. The van der Waals surface area contributed by atoms with Gasteiger partial charge in [-0.1, -0.05) is 6.07 Å². The molecule has 1 saturated heterocycles. The number of nitrogens with zero attached hydrogens (tertiary/aromatic N) is 2. The summed E-state index contributed by atoms with van der Waals surface area (Å²) in [6.45, 7) is 3.93. The average molecular weight is 552 g/mol. The lowest BCUT2D eigenvalue weighted by molar-refractivity contribution is -0.130. The minimum Gasteiger partial charge on any atom is -0.493 e. The van der Waals surface area contributed by atoms with Gasteiger partial charge in [-0.25, -0.2) is 0 Å². The van der Waals surface area contributed by atoms with Gasteiger partial charge in [-0.2, -0.15) is 0 Å². The van der Waals surface area contributed by atoms with Crippen LogP contribution in [-0.2, 0) is 29.0 Å². The van der Waals surface area contributed by atoms with E-state index >= 15 is 0 Å². The summed E-state index contributed by atoms with van der Waals surface area (Å²) in [5, 5.41) is 3.11. The molecule has 3 aliphatic heterocycles. The van der Waals surface area contributed by atoms with Crippen LogP contribution in [0.4, 0.5) is 0 Å². The van der Waals surface area contributed by atoms with Gasteiger partial charge in [-0.05, 0) is 92.1 Å².